The van der Waals surface area contributed by atoms with Crippen molar-refractivity contribution in [2.24, 2.45) is 5.73 Å². The van der Waals surface area contributed by atoms with Crippen LogP contribution in [0, 0.1) is 0 Å². The number of carbonyl (C=O) groups excluding carboxylic acids is 3. The van der Waals surface area contributed by atoms with Crippen LogP contribution < -0.4 is 15.5 Å². The van der Waals surface area contributed by atoms with Crippen LogP contribution in [0.2, 0.25) is 0 Å². The molecular weight excluding hydrogens is 210 g/mol. The number of nitrogens with two attached hydrogens (primary N) is 1. The summed E-state index contributed by atoms with van der Waals surface area (Å²) in [6, 6.07) is 6.70. The lowest BCUT2D eigenvalue weighted by atomic mass is 10.2. The number of para-hydroxylation sites is 1. The SMILES string of the molecule is NC(=O)[N+]1(c2ccccc2)CC(=O)NC1=O. The molecule has 0 saturated carbocycles. The zero-order valence-electron chi connectivity index (χ0n) is 8.34. The third-order valence-electron chi connectivity index (χ3n) is 2.55. The largest absolute Gasteiger partial charge is 0.438 e. The van der Waals surface area contributed by atoms with Crippen LogP contribution in [-0.2, 0) is 4.79 Å². The first-order valence-corrected chi connectivity index (χ1v) is 4.65. The van der Waals surface area contributed by atoms with Gasteiger partial charge >= 0.3 is 12.1 Å². The van der Waals surface area contributed by atoms with Crippen LogP contribution in [0.5, 0.6) is 0 Å². The minimum Gasteiger partial charge on any atom is -0.318 e. The molecule has 0 radical (unpaired) electrons. The molecule has 1 aromatic rings. The van der Waals surface area contributed by atoms with E-state index in [1.807, 2.05) is 0 Å². The van der Waals surface area contributed by atoms with Crippen LogP contribution in [0.4, 0.5) is 15.3 Å². The van der Waals surface area contributed by atoms with Gasteiger partial charge in [0.05, 0.1) is 0 Å². The number of imide groups is 2. The van der Waals surface area contributed by atoms with Crippen molar-refractivity contribution in [2.75, 3.05) is 6.54 Å². The molecule has 2 rings (SSSR count). The lowest BCUT2D eigenvalue weighted by Gasteiger charge is -2.22. The number of benzene rings is 1. The van der Waals surface area contributed by atoms with Gasteiger partial charge in [0.2, 0.25) is 0 Å². The molecule has 16 heavy (non-hydrogen) atoms. The maximum atomic E-state index is 11.7. The van der Waals surface area contributed by atoms with Crippen LogP contribution in [0.1, 0.15) is 0 Å². The number of hydrogen-bond acceptors (Lipinski definition) is 3. The van der Waals surface area contributed by atoms with Crippen LogP contribution >= 0.6 is 0 Å². The first-order valence-electron chi connectivity index (χ1n) is 4.65. The summed E-state index contributed by atoms with van der Waals surface area (Å²) in [7, 11) is 0. The van der Waals surface area contributed by atoms with Crippen LogP contribution in [0.25, 0.3) is 0 Å². The van der Waals surface area contributed by atoms with Crippen molar-refractivity contribution in [2.45, 2.75) is 0 Å². The Bertz CT molecular complexity index is 471. The standard InChI is InChI=1S/C10H9N3O3/c11-9(15)13(6-8(14)12-10(13)16)7-4-2-1-3-5-7/h1-5H,6H2,(H2-,11,12,14,15,16)/p+1. The number of hydrogen-bond donors (Lipinski definition) is 2. The number of nitrogens with one attached hydrogen (secondary N) is 1. The Morgan fingerprint density at radius 1 is 1.25 bits per heavy atom. The second-order valence-corrected chi connectivity index (χ2v) is 3.49. The van der Waals surface area contributed by atoms with Gasteiger partial charge in [0.15, 0.2) is 12.2 Å². The Kier molecular flexibility index (Phi) is 2.21. The zero-order chi connectivity index (χ0) is 11.8. The van der Waals surface area contributed by atoms with Crippen molar-refractivity contribution in [3.63, 3.8) is 0 Å². The van der Waals surface area contributed by atoms with Gasteiger partial charge in [0, 0.05) is 12.1 Å². The summed E-state index contributed by atoms with van der Waals surface area (Å²) in [6.45, 7) is -0.280. The van der Waals surface area contributed by atoms with E-state index < -0.39 is 22.5 Å². The summed E-state index contributed by atoms with van der Waals surface area (Å²) < 4.78 is -0.792. The quantitative estimate of drug-likeness (QED) is 0.527. The molecule has 0 aliphatic carbocycles. The van der Waals surface area contributed by atoms with Gasteiger partial charge in [0.1, 0.15) is 0 Å². The van der Waals surface area contributed by atoms with Crippen molar-refractivity contribution < 1.29 is 14.4 Å². The summed E-state index contributed by atoms with van der Waals surface area (Å²) in [6.07, 6.45) is 0. The van der Waals surface area contributed by atoms with E-state index in [1.165, 1.54) is 0 Å². The fourth-order valence-corrected chi connectivity index (χ4v) is 1.74. The number of nitrogens with zero attached hydrogens (tertiary/aromatic N) is 1. The highest BCUT2D eigenvalue weighted by Crippen LogP contribution is 2.25. The molecule has 1 aliphatic heterocycles. The minimum absolute atomic E-state index is 0.280. The van der Waals surface area contributed by atoms with E-state index in [4.69, 9.17) is 5.73 Å². The normalized spacial score (nSPS) is 24.2. The highest BCUT2D eigenvalue weighted by atomic mass is 16.2. The van der Waals surface area contributed by atoms with Crippen LogP contribution in [0.3, 0.4) is 0 Å². The third kappa shape index (κ3) is 1.28. The van der Waals surface area contributed by atoms with Crippen molar-refractivity contribution >= 4 is 23.7 Å². The molecule has 1 unspecified atom stereocenters. The smallest absolute Gasteiger partial charge is 0.318 e. The van der Waals surface area contributed by atoms with E-state index in [1.54, 1.807) is 30.3 Å². The molecule has 1 aromatic carbocycles. The van der Waals surface area contributed by atoms with Crippen molar-refractivity contribution in [1.82, 2.24) is 9.80 Å². The summed E-state index contributed by atoms with van der Waals surface area (Å²) >= 11 is 0. The fourth-order valence-electron chi connectivity index (χ4n) is 1.74. The van der Waals surface area contributed by atoms with E-state index in [2.05, 4.69) is 5.32 Å². The number of amides is 5. The molecule has 3 N–H and O–H groups in total. The van der Waals surface area contributed by atoms with Crippen LogP contribution in [0.15, 0.2) is 30.3 Å². The molecular formula is C10H10N3O3+. The molecule has 6 nitrogen and oxygen atoms in total. The fraction of sp³-hybridized carbons (Fsp3) is 0.100. The van der Waals surface area contributed by atoms with Gasteiger partial charge in [-0.3, -0.25) is 4.79 Å². The maximum absolute atomic E-state index is 11.7. The van der Waals surface area contributed by atoms with Gasteiger partial charge in [-0.15, -0.1) is 4.48 Å². The molecule has 82 valence electrons. The number of carbonyl (C=O) groups is 3. The molecule has 1 fully saturated rings. The van der Waals surface area contributed by atoms with Crippen molar-refractivity contribution in [1.29, 1.82) is 0 Å². The van der Waals surface area contributed by atoms with Gasteiger partial charge in [-0.1, -0.05) is 18.2 Å². The van der Waals surface area contributed by atoms with Gasteiger partial charge in [0.25, 0.3) is 5.91 Å². The summed E-state index contributed by atoms with van der Waals surface area (Å²) in [5, 5.41) is 2.08. The van der Waals surface area contributed by atoms with E-state index >= 15 is 0 Å². The minimum atomic E-state index is -0.866. The monoisotopic (exact) mass is 220 g/mol. The highest BCUT2D eigenvalue weighted by Gasteiger charge is 2.53. The number of primary amides is 1. The summed E-state index contributed by atoms with van der Waals surface area (Å²) in [4.78, 5) is 34.3. The Morgan fingerprint density at radius 2 is 1.88 bits per heavy atom. The van der Waals surface area contributed by atoms with Gasteiger partial charge in [-0.2, -0.15) is 0 Å². The van der Waals surface area contributed by atoms with E-state index in [0.29, 0.717) is 5.69 Å². The maximum Gasteiger partial charge on any atom is 0.438 e. The second kappa shape index (κ2) is 3.42. The Hall–Kier alpha value is -2.21. The predicted molar refractivity (Wildman–Crippen MR) is 56.2 cm³/mol. The van der Waals surface area contributed by atoms with E-state index in [-0.39, 0.29) is 6.54 Å². The predicted octanol–water partition coefficient (Wildman–Crippen LogP) is 0.322. The van der Waals surface area contributed by atoms with E-state index in [9.17, 15) is 14.4 Å². The molecule has 0 bridgehead atoms. The van der Waals surface area contributed by atoms with Gasteiger partial charge < -0.3 is 5.73 Å². The molecule has 0 spiro atoms. The molecule has 0 aromatic heterocycles. The number of urea groups is 2. The average Bonchev–Trinajstić information content (AvgIpc) is 2.56. The van der Waals surface area contributed by atoms with Gasteiger partial charge in [-0.05, 0) is 0 Å². The zero-order valence-corrected chi connectivity index (χ0v) is 8.34. The lowest BCUT2D eigenvalue weighted by Crippen LogP contribution is -2.59. The summed E-state index contributed by atoms with van der Waals surface area (Å²) in [5.74, 6) is -0.507. The van der Waals surface area contributed by atoms with E-state index in [0.717, 1.165) is 0 Å². The first-order chi connectivity index (χ1) is 7.57. The highest BCUT2D eigenvalue weighted by molar-refractivity contribution is 6.19. The molecule has 1 heterocycles. The Balaban J connectivity index is 2.58. The molecule has 5 amide bonds. The topological polar surface area (TPSA) is 89.3 Å². The Morgan fingerprint density at radius 3 is 2.31 bits per heavy atom. The first kappa shape index (κ1) is 10.3. The van der Waals surface area contributed by atoms with Gasteiger partial charge in [-0.25, -0.2) is 14.9 Å². The van der Waals surface area contributed by atoms with Crippen molar-refractivity contribution in [3.05, 3.63) is 30.3 Å². The van der Waals surface area contributed by atoms with Crippen molar-refractivity contribution in [3.8, 4) is 0 Å². The molecule has 6 heteroatoms. The molecule has 1 saturated heterocycles. The Labute approximate surface area is 91.2 Å². The molecule has 1 aliphatic rings. The van der Waals surface area contributed by atoms with Crippen LogP contribution in [-0.4, -0.2) is 24.5 Å². The summed E-state index contributed by atoms with van der Waals surface area (Å²) in [5.41, 5.74) is 5.62. The second-order valence-electron chi connectivity index (χ2n) is 3.49. The number of quaternary nitrogens is 1. The lowest BCUT2D eigenvalue weighted by molar-refractivity contribution is -0.118. The molecule has 1 atom stereocenters. The average molecular weight is 220 g/mol. The number of rotatable bonds is 1. The third-order valence-corrected chi connectivity index (χ3v) is 2.55.